The molecule has 0 aromatic rings. The first-order valence-corrected chi connectivity index (χ1v) is 6.28. The second-order valence-corrected chi connectivity index (χ2v) is 4.44. The quantitative estimate of drug-likeness (QED) is 0.577. The third kappa shape index (κ3) is 4.25. The average molecular weight is 225 g/mol. The Labute approximate surface area is 98.2 Å². The van der Waals surface area contributed by atoms with Crippen LogP contribution in [-0.2, 0) is 9.53 Å². The number of methoxy groups -OCH3 is 1. The van der Waals surface area contributed by atoms with Crippen molar-refractivity contribution >= 4 is 5.97 Å². The molecule has 1 saturated carbocycles. The van der Waals surface area contributed by atoms with E-state index in [1.54, 1.807) is 6.20 Å². The Morgan fingerprint density at radius 1 is 1.44 bits per heavy atom. The molecule has 1 aliphatic carbocycles. The van der Waals surface area contributed by atoms with E-state index in [-0.39, 0.29) is 5.97 Å². The molecule has 0 radical (unpaired) electrons. The van der Waals surface area contributed by atoms with Crippen molar-refractivity contribution in [1.82, 2.24) is 5.32 Å². The van der Waals surface area contributed by atoms with Crippen LogP contribution in [0.2, 0.25) is 0 Å². The van der Waals surface area contributed by atoms with Gasteiger partial charge in [-0.2, -0.15) is 0 Å². The third-order valence-electron chi connectivity index (χ3n) is 3.39. The van der Waals surface area contributed by atoms with Crippen LogP contribution in [0.1, 0.15) is 45.4 Å². The van der Waals surface area contributed by atoms with Crippen molar-refractivity contribution in [2.24, 2.45) is 5.92 Å². The Morgan fingerprint density at radius 3 is 2.69 bits per heavy atom. The summed E-state index contributed by atoms with van der Waals surface area (Å²) in [5, 5.41) is 3.32. The van der Waals surface area contributed by atoms with E-state index in [1.165, 1.54) is 45.3 Å². The first-order valence-electron chi connectivity index (χ1n) is 6.28. The van der Waals surface area contributed by atoms with E-state index in [0.29, 0.717) is 6.04 Å². The summed E-state index contributed by atoms with van der Waals surface area (Å²) >= 11 is 0. The van der Waals surface area contributed by atoms with Gasteiger partial charge in [0.05, 0.1) is 7.11 Å². The molecule has 0 saturated heterocycles. The molecule has 1 atom stereocenters. The Hall–Kier alpha value is -0.990. The van der Waals surface area contributed by atoms with Gasteiger partial charge in [0.15, 0.2) is 0 Å². The maximum Gasteiger partial charge on any atom is 0.331 e. The zero-order chi connectivity index (χ0) is 11.8. The van der Waals surface area contributed by atoms with E-state index in [2.05, 4.69) is 17.0 Å². The van der Waals surface area contributed by atoms with Crippen molar-refractivity contribution in [1.29, 1.82) is 0 Å². The molecule has 0 aromatic carbocycles. The van der Waals surface area contributed by atoms with Gasteiger partial charge in [0, 0.05) is 18.3 Å². The molecule has 0 spiro atoms. The van der Waals surface area contributed by atoms with Gasteiger partial charge in [-0.25, -0.2) is 4.79 Å². The maximum atomic E-state index is 10.9. The molecule has 3 heteroatoms. The number of ether oxygens (including phenoxy) is 1. The lowest BCUT2D eigenvalue weighted by Gasteiger charge is -2.29. The lowest BCUT2D eigenvalue weighted by molar-refractivity contribution is -0.134. The van der Waals surface area contributed by atoms with Crippen molar-refractivity contribution in [3.8, 4) is 0 Å². The fraction of sp³-hybridized carbons (Fsp3) is 0.769. The summed E-state index contributed by atoms with van der Waals surface area (Å²) in [5.41, 5.74) is 0. The number of hydrogen-bond acceptors (Lipinski definition) is 3. The molecule has 1 rings (SSSR count). The molecule has 0 heterocycles. The van der Waals surface area contributed by atoms with E-state index in [1.807, 2.05) is 0 Å². The summed E-state index contributed by atoms with van der Waals surface area (Å²) in [6.45, 7) is 2.19. The molecule has 1 fully saturated rings. The molecule has 3 nitrogen and oxygen atoms in total. The SMILES string of the molecule is CCC(N/C=C/C(=O)OC)C1CCCCC1. The molecular formula is C13H23NO2. The van der Waals surface area contributed by atoms with Gasteiger partial charge >= 0.3 is 5.97 Å². The van der Waals surface area contributed by atoms with Crippen LogP contribution in [0.4, 0.5) is 0 Å². The second kappa shape index (κ2) is 7.31. The number of carbonyl (C=O) groups is 1. The Balaban J connectivity index is 2.35. The number of carbonyl (C=O) groups excluding carboxylic acids is 1. The second-order valence-electron chi connectivity index (χ2n) is 4.44. The lowest BCUT2D eigenvalue weighted by Crippen LogP contribution is -2.33. The molecule has 1 N–H and O–H groups in total. The minimum atomic E-state index is -0.300. The summed E-state index contributed by atoms with van der Waals surface area (Å²) in [6.07, 6.45) is 11.0. The molecule has 0 amide bonds. The molecular weight excluding hydrogens is 202 g/mol. The molecule has 0 bridgehead atoms. The summed E-state index contributed by atoms with van der Waals surface area (Å²) in [6, 6.07) is 0.501. The predicted molar refractivity (Wildman–Crippen MR) is 64.9 cm³/mol. The zero-order valence-electron chi connectivity index (χ0n) is 10.4. The minimum absolute atomic E-state index is 0.300. The average Bonchev–Trinajstić information content (AvgIpc) is 2.35. The van der Waals surface area contributed by atoms with Crippen LogP contribution in [0.25, 0.3) is 0 Å². The number of nitrogens with one attached hydrogen (secondary N) is 1. The summed E-state index contributed by atoms with van der Waals surface area (Å²) in [7, 11) is 1.39. The fourth-order valence-corrected chi connectivity index (χ4v) is 2.43. The van der Waals surface area contributed by atoms with Crippen molar-refractivity contribution in [2.75, 3.05) is 7.11 Å². The highest BCUT2D eigenvalue weighted by atomic mass is 16.5. The molecule has 16 heavy (non-hydrogen) atoms. The zero-order valence-corrected chi connectivity index (χ0v) is 10.4. The van der Waals surface area contributed by atoms with Crippen molar-refractivity contribution in [2.45, 2.75) is 51.5 Å². The minimum Gasteiger partial charge on any atom is -0.466 e. The normalized spacial score (nSPS) is 19.6. The Morgan fingerprint density at radius 2 is 2.12 bits per heavy atom. The van der Waals surface area contributed by atoms with E-state index in [9.17, 15) is 4.79 Å². The predicted octanol–water partition coefficient (Wildman–Crippen LogP) is 2.62. The largest absolute Gasteiger partial charge is 0.466 e. The van der Waals surface area contributed by atoms with Gasteiger partial charge in [-0.05, 0) is 25.2 Å². The first kappa shape index (κ1) is 13.1. The van der Waals surface area contributed by atoms with Crippen LogP contribution in [0.15, 0.2) is 12.3 Å². The monoisotopic (exact) mass is 225 g/mol. The van der Waals surface area contributed by atoms with Crippen molar-refractivity contribution in [3.05, 3.63) is 12.3 Å². The van der Waals surface area contributed by atoms with E-state index in [4.69, 9.17) is 0 Å². The highest BCUT2D eigenvalue weighted by molar-refractivity contribution is 5.81. The van der Waals surface area contributed by atoms with Crippen LogP contribution < -0.4 is 5.32 Å². The number of rotatable bonds is 5. The van der Waals surface area contributed by atoms with Crippen LogP contribution in [0.3, 0.4) is 0 Å². The van der Waals surface area contributed by atoms with Crippen molar-refractivity contribution in [3.63, 3.8) is 0 Å². The molecule has 1 unspecified atom stereocenters. The van der Waals surface area contributed by atoms with Crippen LogP contribution >= 0.6 is 0 Å². The van der Waals surface area contributed by atoms with Gasteiger partial charge in [0.1, 0.15) is 0 Å². The van der Waals surface area contributed by atoms with Crippen LogP contribution in [-0.4, -0.2) is 19.1 Å². The fourth-order valence-electron chi connectivity index (χ4n) is 2.43. The highest BCUT2D eigenvalue weighted by Gasteiger charge is 2.20. The molecule has 92 valence electrons. The lowest BCUT2D eigenvalue weighted by atomic mass is 9.83. The van der Waals surface area contributed by atoms with E-state index in [0.717, 1.165) is 12.3 Å². The van der Waals surface area contributed by atoms with E-state index >= 15 is 0 Å². The van der Waals surface area contributed by atoms with Gasteiger partial charge in [0.25, 0.3) is 0 Å². The van der Waals surface area contributed by atoms with Crippen LogP contribution in [0, 0.1) is 5.92 Å². The van der Waals surface area contributed by atoms with Gasteiger partial charge < -0.3 is 10.1 Å². The Bertz CT molecular complexity index is 232. The smallest absolute Gasteiger partial charge is 0.331 e. The van der Waals surface area contributed by atoms with Gasteiger partial charge in [-0.15, -0.1) is 0 Å². The maximum absolute atomic E-state index is 10.9. The molecule has 0 aliphatic heterocycles. The highest BCUT2D eigenvalue weighted by Crippen LogP contribution is 2.27. The standard InChI is InChI=1S/C13H23NO2/c1-3-12(11-7-5-4-6-8-11)14-10-9-13(15)16-2/h9-12,14H,3-8H2,1-2H3/b10-9+. The van der Waals surface area contributed by atoms with Crippen molar-refractivity contribution < 1.29 is 9.53 Å². The first-order chi connectivity index (χ1) is 7.77. The van der Waals surface area contributed by atoms with Gasteiger partial charge in [-0.3, -0.25) is 0 Å². The summed E-state index contributed by atoms with van der Waals surface area (Å²) in [5.74, 6) is 0.465. The van der Waals surface area contributed by atoms with Gasteiger partial charge in [-0.1, -0.05) is 26.2 Å². The van der Waals surface area contributed by atoms with Crippen LogP contribution in [0.5, 0.6) is 0 Å². The molecule has 0 aromatic heterocycles. The summed E-state index contributed by atoms with van der Waals surface area (Å²) < 4.78 is 4.55. The topological polar surface area (TPSA) is 38.3 Å². The molecule has 1 aliphatic rings. The summed E-state index contributed by atoms with van der Waals surface area (Å²) in [4.78, 5) is 10.9. The number of esters is 1. The number of hydrogen-bond donors (Lipinski definition) is 1. The Kier molecular flexibility index (Phi) is 5.98. The van der Waals surface area contributed by atoms with E-state index < -0.39 is 0 Å². The van der Waals surface area contributed by atoms with Gasteiger partial charge in [0.2, 0.25) is 0 Å². The third-order valence-corrected chi connectivity index (χ3v) is 3.39.